The predicted molar refractivity (Wildman–Crippen MR) is 66.8 cm³/mol. The van der Waals surface area contributed by atoms with E-state index in [-0.39, 0.29) is 11.9 Å². The lowest BCUT2D eigenvalue weighted by Gasteiger charge is -2.11. The number of halogens is 1. The van der Waals surface area contributed by atoms with E-state index in [0.29, 0.717) is 19.6 Å². The molecule has 0 spiro atoms. The molecule has 1 rings (SSSR count). The minimum Gasteiger partial charge on any atom is -0.461 e. The SMILES string of the molecule is CC(CCN)C(=O)OCc1ccccc1Br. The Morgan fingerprint density at radius 3 is 2.81 bits per heavy atom. The van der Waals surface area contributed by atoms with Crippen LogP contribution in [0.5, 0.6) is 0 Å². The van der Waals surface area contributed by atoms with Crippen LogP contribution in [-0.4, -0.2) is 12.5 Å². The first-order valence-corrected chi connectivity index (χ1v) is 6.04. The summed E-state index contributed by atoms with van der Waals surface area (Å²) in [6.07, 6.45) is 0.662. The third-order valence-corrected chi connectivity index (χ3v) is 3.10. The fourth-order valence-corrected chi connectivity index (χ4v) is 1.67. The summed E-state index contributed by atoms with van der Waals surface area (Å²) in [5.41, 5.74) is 6.35. The smallest absolute Gasteiger partial charge is 0.309 e. The van der Waals surface area contributed by atoms with E-state index < -0.39 is 0 Å². The molecule has 1 aromatic rings. The lowest BCUT2D eigenvalue weighted by molar-refractivity contribution is -0.149. The molecule has 88 valence electrons. The van der Waals surface area contributed by atoms with Crippen molar-refractivity contribution < 1.29 is 9.53 Å². The van der Waals surface area contributed by atoms with Crippen LogP contribution in [0.15, 0.2) is 28.7 Å². The molecule has 0 aliphatic carbocycles. The highest BCUT2D eigenvalue weighted by molar-refractivity contribution is 9.10. The third kappa shape index (κ3) is 3.94. The summed E-state index contributed by atoms with van der Waals surface area (Å²) >= 11 is 3.40. The number of benzene rings is 1. The van der Waals surface area contributed by atoms with Gasteiger partial charge in [0.05, 0.1) is 5.92 Å². The van der Waals surface area contributed by atoms with Gasteiger partial charge in [-0.25, -0.2) is 0 Å². The lowest BCUT2D eigenvalue weighted by atomic mass is 10.1. The van der Waals surface area contributed by atoms with E-state index in [2.05, 4.69) is 15.9 Å². The topological polar surface area (TPSA) is 52.3 Å². The number of rotatable bonds is 5. The van der Waals surface area contributed by atoms with Gasteiger partial charge in [-0.05, 0) is 19.0 Å². The summed E-state index contributed by atoms with van der Waals surface area (Å²) in [6, 6.07) is 7.68. The van der Waals surface area contributed by atoms with Crippen molar-refractivity contribution in [3.8, 4) is 0 Å². The molecule has 4 heteroatoms. The van der Waals surface area contributed by atoms with Crippen LogP contribution in [0.4, 0.5) is 0 Å². The molecular formula is C12H16BrNO2. The Balaban J connectivity index is 2.46. The van der Waals surface area contributed by atoms with Crippen LogP contribution in [0.25, 0.3) is 0 Å². The largest absolute Gasteiger partial charge is 0.461 e. The molecule has 0 amide bonds. The second kappa shape index (κ2) is 6.66. The van der Waals surface area contributed by atoms with Gasteiger partial charge in [0.1, 0.15) is 6.61 Å². The molecule has 0 saturated carbocycles. The summed E-state index contributed by atoms with van der Waals surface area (Å²) in [5.74, 6) is -0.325. The maximum Gasteiger partial charge on any atom is 0.309 e. The van der Waals surface area contributed by atoms with E-state index in [1.54, 1.807) is 0 Å². The second-order valence-corrected chi connectivity index (χ2v) is 4.53. The quantitative estimate of drug-likeness (QED) is 0.846. The normalized spacial score (nSPS) is 12.2. The zero-order valence-electron chi connectivity index (χ0n) is 9.28. The first-order valence-electron chi connectivity index (χ1n) is 5.25. The molecule has 0 aliphatic heterocycles. The third-order valence-electron chi connectivity index (χ3n) is 2.33. The maximum absolute atomic E-state index is 11.5. The molecule has 0 bridgehead atoms. The van der Waals surface area contributed by atoms with Gasteiger partial charge < -0.3 is 10.5 Å². The van der Waals surface area contributed by atoms with Crippen molar-refractivity contribution in [2.45, 2.75) is 20.0 Å². The van der Waals surface area contributed by atoms with Crippen molar-refractivity contribution >= 4 is 21.9 Å². The fourth-order valence-electron chi connectivity index (χ4n) is 1.27. The molecule has 0 heterocycles. The number of carbonyl (C=O) groups is 1. The van der Waals surface area contributed by atoms with Gasteiger partial charge in [0.25, 0.3) is 0 Å². The monoisotopic (exact) mass is 285 g/mol. The first kappa shape index (κ1) is 13.2. The van der Waals surface area contributed by atoms with Gasteiger partial charge in [-0.3, -0.25) is 4.79 Å². The number of hydrogen-bond donors (Lipinski definition) is 1. The highest BCUT2D eigenvalue weighted by Gasteiger charge is 2.13. The molecule has 1 atom stereocenters. The number of hydrogen-bond acceptors (Lipinski definition) is 3. The van der Waals surface area contributed by atoms with Gasteiger partial charge in [-0.1, -0.05) is 41.1 Å². The molecule has 16 heavy (non-hydrogen) atoms. The van der Waals surface area contributed by atoms with Crippen molar-refractivity contribution in [3.05, 3.63) is 34.3 Å². The van der Waals surface area contributed by atoms with E-state index in [9.17, 15) is 4.79 Å². The zero-order valence-corrected chi connectivity index (χ0v) is 10.9. The Hall–Kier alpha value is -0.870. The Morgan fingerprint density at radius 1 is 1.50 bits per heavy atom. The Labute approximate surface area is 104 Å². The Bertz CT molecular complexity index is 355. The molecule has 1 aromatic carbocycles. The Kier molecular flexibility index (Phi) is 5.49. The highest BCUT2D eigenvalue weighted by atomic mass is 79.9. The molecule has 2 N–H and O–H groups in total. The van der Waals surface area contributed by atoms with Gasteiger partial charge in [-0.2, -0.15) is 0 Å². The van der Waals surface area contributed by atoms with E-state index in [1.165, 1.54) is 0 Å². The summed E-state index contributed by atoms with van der Waals surface area (Å²) in [7, 11) is 0. The molecule has 0 saturated heterocycles. The number of nitrogens with two attached hydrogens (primary N) is 1. The zero-order chi connectivity index (χ0) is 12.0. The average molecular weight is 286 g/mol. The number of carbonyl (C=O) groups excluding carboxylic acids is 1. The van der Waals surface area contributed by atoms with E-state index >= 15 is 0 Å². The molecule has 0 fully saturated rings. The van der Waals surface area contributed by atoms with Crippen molar-refractivity contribution in [1.29, 1.82) is 0 Å². The van der Waals surface area contributed by atoms with E-state index in [0.717, 1.165) is 10.0 Å². The summed E-state index contributed by atoms with van der Waals surface area (Å²) in [5, 5.41) is 0. The highest BCUT2D eigenvalue weighted by Crippen LogP contribution is 2.17. The maximum atomic E-state index is 11.5. The number of esters is 1. The van der Waals surface area contributed by atoms with E-state index in [4.69, 9.17) is 10.5 Å². The number of ether oxygens (including phenoxy) is 1. The summed E-state index contributed by atoms with van der Waals surface area (Å²) < 4.78 is 6.15. The van der Waals surface area contributed by atoms with Crippen LogP contribution >= 0.6 is 15.9 Å². The van der Waals surface area contributed by atoms with Gasteiger partial charge in [0, 0.05) is 10.0 Å². The molecule has 3 nitrogen and oxygen atoms in total. The standard InChI is InChI=1S/C12H16BrNO2/c1-9(6-7-14)12(15)16-8-10-4-2-3-5-11(10)13/h2-5,9H,6-8,14H2,1H3. The average Bonchev–Trinajstić information content (AvgIpc) is 2.28. The van der Waals surface area contributed by atoms with Crippen molar-refractivity contribution in [2.24, 2.45) is 11.7 Å². The van der Waals surface area contributed by atoms with Crippen LogP contribution < -0.4 is 5.73 Å². The minimum absolute atomic E-state index is 0.132. The molecule has 0 aliphatic rings. The van der Waals surface area contributed by atoms with Gasteiger partial charge in [0.2, 0.25) is 0 Å². The van der Waals surface area contributed by atoms with Crippen LogP contribution in [0.2, 0.25) is 0 Å². The van der Waals surface area contributed by atoms with Gasteiger partial charge >= 0.3 is 5.97 Å². The summed E-state index contributed by atoms with van der Waals surface area (Å²) in [6.45, 7) is 2.63. The van der Waals surface area contributed by atoms with Crippen LogP contribution in [0, 0.1) is 5.92 Å². The van der Waals surface area contributed by atoms with Crippen molar-refractivity contribution in [3.63, 3.8) is 0 Å². The van der Waals surface area contributed by atoms with E-state index in [1.807, 2.05) is 31.2 Å². The molecule has 1 unspecified atom stereocenters. The lowest BCUT2D eigenvalue weighted by Crippen LogP contribution is -2.18. The van der Waals surface area contributed by atoms with Crippen LogP contribution in [0.1, 0.15) is 18.9 Å². The Morgan fingerprint density at radius 2 is 2.19 bits per heavy atom. The fraction of sp³-hybridized carbons (Fsp3) is 0.417. The second-order valence-electron chi connectivity index (χ2n) is 3.68. The molecular weight excluding hydrogens is 270 g/mol. The van der Waals surface area contributed by atoms with Gasteiger partial charge in [-0.15, -0.1) is 0 Å². The van der Waals surface area contributed by atoms with Crippen molar-refractivity contribution in [1.82, 2.24) is 0 Å². The molecule has 0 radical (unpaired) electrons. The van der Waals surface area contributed by atoms with Crippen LogP contribution in [0.3, 0.4) is 0 Å². The van der Waals surface area contributed by atoms with Crippen LogP contribution in [-0.2, 0) is 16.1 Å². The van der Waals surface area contributed by atoms with Crippen molar-refractivity contribution in [2.75, 3.05) is 6.54 Å². The predicted octanol–water partition coefficient (Wildman–Crippen LogP) is 2.48. The minimum atomic E-state index is -0.193. The molecule has 0 aromatic heterocycles. The summed E-state index contributed by atoms with van der Waals surface area (Å²) in [4.78, 5) is 11.5. The first-order chi connectivity index (χ1) is 7.65. The van der Waals surface area contributed by atoms with Gasteiger partial charge in [0.15, 0.2) is 0 Å².